The van der Waals surface area contributed by atoms with Crippen LogP contribution in [0.4, 0.5) is 17.8 Å². The lowest BCUT2D eigenvalue weighted by atomic mass is 10.1. The van der Waals surface area contributed by atoms with Crippen LogP contribution in [0.5, 0.6) is 0 Å². The SMILES string of the molecule is CN(C)c1nc(NN)nc(NCC2CCSC2)n1. The number of nitrogens with zero attached hydrogens (tertiary/aromatic N) is 4. The van der Waals surface area contributed by atoms with E-state index in [9.17, 15) is 0 Å². The van der Waals surface area contributed by atoms with Gasteiger partial charge in [0.2, 0.25) is 17.8 Å². The second kappa shape index (κ2) is 6.05. The number of hydrogen-bond donors (Lipinski definition) is 3. The number of aromatic nitrogens is 3. The Morgan fingerprint density at radius 3 is 2.72 bits per heavy atom. The van der Waals surface area contributed by atoms with Crippen molar-refractivity contribution in [2.24, 2.45) is 11.8 Å². The number of hydrazine groups is 1. The van der Waals surface area contributed by atoms with Crippen molar-refractivity contribution in [2.45, 2.75) is 6.42 Å². The fourth-order valence-corrected chi connectivity index (χ4v) is 2.97. The highest BCUT2D eigenvalue weighted by atomic mass is 32.2. The number of hydrogen-bond acceptors (Lipinski definition) is 8. The third kappa shape index (κ3) is 3.36. The van der Waals surface area contributed by atoms with Gasteiger partial charge in [-0.25, -0.2) is 5.84 Å². The zero-order chi connectivity index (χ0) is 13.0. The van der Waals surface area contributed by atoms with Crippen LogP contribution in [0, 0.1) is 5.92 Å². The first kappa shape index (κ1) is 13.2. The summed E-state index contributed by atoms with van der Waals surface area (Å²) in [7, 11) is 3.76. The van der Waals surface area contributed by atoms with Gasteiger partial charge in [0.25, 0.3) is 0 Å². The largest absolute Gasteiger partial charge is 0.354 e. The van der Waals surface area contributed by atoms with Gasteiger partial charge in [-0.15, -0.1) is 0 Å². The van der Waals surface area contributed by atoms with E-state index in [2.05, 4.69) is 25.7 Å². The molecular weight excluding hydrogens is 250 g/mol. The second-order valence-corrected chi connectivity index (χ2v) is 5.58. The normalized spacial score (nSPS) is 18.7. The first-order valence-corrected chi connectivity index (χ1v) is 7.06. The molecule has 0 aromatic carbocycles. The lowest BCUT2D eigenvalue weighted by Gasteiger charge is -2.14. The topological polar surface area (TPSA) is 92.0 Å². The third-order valence-corrected chi connectivity index (χ3v) is 3.96. The lowest BCUT2D eigenvalue weighted by molar-refractivity contribution is 0.628. The molecule has 0 saturated carbocycles. The number of nitrogen functional groups attached to an aromatic ring is 1. The Morgan fingerprint density at radius 1 is 1.33 bits per heavy atom. The summed E-state index contributed by atoms with van der Waals surface area (Å²) in [6, 6.07) is 0. The molecule has 1 aromatic rings. The first-order valence-electron chi connectivity index (χ1n) is 5.90. The maximum absolute atomic E-state index is 5.35. The van der Waals surface area contributed by atoms with Gasteiger partial charge < -0.3 is 10.2 Å². The van der Waals surface area contributed by atoms with Gasteiger partial charge in [0.1, 0.15) is 0 Å². The minimum Gasteiger partial charge on any atom is -0.354 e. The molecule has 0 bridgehead atoms. The van der Waals surface area contributed by atoms with Crippen molar-refractivity contribution in [3.05, 3.63) is 0 Å². The third-order valence-electron chi connectivity index (χ3n) is 2.73. The molecule has 0 spiro atoms. The molecule has 0 amide bonds. The lowest BCUT2D eigenvalue weighted by Crippen LogP contribution is -2.21. The predicted octanol–water partition coefficient (Wildman–Crippen LogP) is 0.388. The summed E-state index contributed by atoms with van der Waals surface area (Å²) < 4.78 is 0. The summed E-state index contributed by atoms with van der Waals surface area (Å²) >= 11 is 2.00. The number of rotatable bonds is 5. The Labute approximate surface area is 111 Å². The maximum Gasteiger partial charge on any atom is 0.243 e. The molecule has 1 saturated heterocycles. The predicted molar refractivity (Wildman–Crippen MR) is 75.9 cm³/mol. The van der Waals surface area contributed by atoms with Crippen molar-refractivity contribution < 1.29 is 0 Å². The Kier molecular flexibility index (Phi) is 4.43. The summed E-state index contributed by atoms with van der Waals surface area (Å²) in [5, 5.41) is 3.26. The molecule has 0 radical (unpaired) electrons. The number of thioether (sulfide) groups is 1. The second-order valence-electron chi connectivity index (χ2n) is 4.43. The van der Waals surface area contributed by atoms with Gasteiger partial charge in [-0.3, -0.25) is 5.43 Å². The Bertz CT molecular complexity index is 392. The van der Waals surface area contributed by atoms with Crippen LogP contribution in [0.15, 0.2) is 0 Å². The average molecular weight is 269 g/mol. The van der Waals surface area contributed by atoms with Gasteiger partial charge in [0, 0.05) is 20.6 Å². The standard InChI is InChI=1S/C10H19N7S/c1-17(2)10-14-8(13-9(15-10)16-11)12-5-7-3-4-18-6-7/h7H,3-6,11H2,1-2H3,(H2,12,13,14,15,16). The Balaban J connectivity index is 2.03. The van der Waals surface area contributed by atoms with Crippen LogP contribution in [-0.4, -0.2) is 47.1 Å². The molecule has 1 aromatic heterocycles. The molecule has 1 atom stereocenters. The molecule has 18 heavy (non-hydrogen) atoms. The van der Waals surface area contributed by atoms with Crippen molar-refractivity contribution >= 4 is 29.6 Å². The maximum atomic E-state index is 5.35. The number of nitrogens with one attached hydrogen (secondary N) is 2. The fourth-order valence-electron chi connectivity index (χ4n) is 1.69. The molecule has 2 heterocycles. The number of nitrogens with two attached hydrogens (primary N) is 1. The molecule has 7 nitrogen and oxygen atoms in total. The quantitative estimate of drug-likeness (QED) is 0.522. The molecule has 8 heteroatoms. The summed E-state index contributed by atoms with van der Waals surface area (Å²) in [5.74, 6) is 10.0. The van der Waals surface area contributed by atoms with Gasteiger partial charge in [-0.05, 0) is 23.8 Å². The zero-order valence-corrected chi connectivity index (χ0v) is 11.5. The molecule has 1 aliphatic heterocycles. The molecule has 0 aliphatic carbocycles. The van der Waals surface area contributed by atoms with E-state index in [0.717, 1.165) is 6.54 Å². The van der Waals surface area contributed by atoms with E-state index in [0.29, 0.717) is 23.8 Å². The first-order chi connectivity index (χ1) is 8.69. The smallest absolute Gasteiger partial charge is 0.243 e. The summed E-state index contributed by atoms with van der Waals surface area (Å²) in [6.45, 7) is 0.897. The van der Waals surface area contributed by atoms with Crippen LogP contribution < -0.4 is 21.5 Å². The van der Waals surface area contributed by atoms with E-state index in [-0.39, 0.29) is 0 Å². The molecular formula is C10H19N7S. The van der Waals surface area contributed by atoms with Gasteiger partial charge in [0.05, 0.1) is 0 Å². The monoisotopic (exact) mass is 269 g/mol. The van der Waals surface area contributed by atoms with Crippen molar-refractivity contribution in [2.75, 3.05) is 47.8 Å². The molecule has 2 rings (SSSR count). The van der Waals surface area contributed by atoms with Crippen molar-refractivity contribution in [3.8, 4) is 0 Å². The zero-order valence-electron chi connectivity index (χ0n) is 10.7. The molecule has 1 aliphatic rings. The van der Waals surface area contributed by atoms with Crippen LogP contribution >= 0.6 is 11.8 Å². The fraction of sp³-hybridized carbons (Fsp3) is 0.700. The number of anilines is 3. The molecule has 100 valence electrons. The highest BCUT2D eigenvalue weighted by Crippen LogP contribution is 2.23. The molecule has 4 N–H and O–H groups in total. The van der Waals surface area contributed by atoms with E-state index in [1.165, 1.54) is 17.9 Å². The van der Waals surface area contributed by atoms with Crippen molar-refractivity contribution in [1.82, 2.24) is 15.0 Å². The minimum atomic E-state index is 0.372. The highest BCUT2D eigenvalue weighted by Gasteiger charge is 2.16. The molecule has 1 unspecified atom stereocenters. The van der Waals surface area contributed by atoms with E-state index in [4.69, 9.17) is 5.84 Å². The Morgan fingerprint density at radius 2 is 2.11 bits per heavy atom. The highest BCUT2D eigenvalue weighted by molar-refractivity contribution is 7.99. The van der Waals surface area contributed by atoms with Crippen molar-refractivity contribution in [1.29, 1.82) is 0 Å². The van der Waals surface area contributed by atoms with Crippen LogP contribution in [-0.2, 0) is 0 Å². The van der Waals surface area contributed by atoms with E-state index in [1.54, 1.807) is 0 Å². The van der Waals surface area contributed by atoms with E-state index < -0.39 is 0 Å². The van der Waals surface area contributed by atoms with Crippen LogP contribution in [0.25, 0.3) is 0 Å². The Hall–Kier alpha value is -1.28. The van der Waals surface area contributed by atoms with Gasteiger partial charge in [-0.1, -0.05) is 0 Å². The summed E-state index contributed by atoms with van der Waals surface area (Å²) in [6.07, 6.45) is 1.26. The van der Waals surface area contributed by atoms with Crippen LogP contribution in [0.2, 0.25) is 0 Å². The van der Waals surface area contributed by atoms with Gasteiger partial charge in [-0.2, -0.15) is 26.7 Å². The van der Waals surface area contributed by atoms with Gasteiger partial charge >= 0.3 is 0 Å². The van der Waals surface area contributed by atoms with Crippen molar-refractivity contribution in [3.63, 3.8) is 0 Å². The van der Waals surface area contributed by atoms with Gasteiger partial charge in [0.15, 0.2) is 0 Å². The van der Waals surface area contributed by atoms with E-state index in [1.807, 2.05) is 30.8 Å². The molecule has 1 fully saturated rings. The van der Waals surface area contributed by atoms with Crippen LogP contribution in [0.1, 0.15) is 6.42 Å². The minimum absolute atomic E-state index is 0.372. The summed E-state index contributed by atoms with van der Waals surface area (Å²) in [4.78, 5) is 14.5. The van der Waals surface area contributed by atoms with Crippen LogP contribution in [0.3, 0.4) is 0 Å². The summed E-state index contributed by atoms with van der Waals surface area (Å²) in [5.41, 5.74) is 2.46. The average Bonchev–Trinajstić information content (AvgIpc) is 2.89. The van der Waals surface area contributed by atoms with E-state index >= 15 is 0 Å².